The third-order valence-corrected chi connectivity index (χ3v) is 3.74. The largest absolute Gasteiger partial charge is 0.301 e. The average Bonchev–Trinajstić information content (AvgIpc) is 2.48. The second-order valence-electron chi connectivity index (χ2n) is 3.97. The molecule has 3 aromatic rings. The van der Waals surface area contributed by atoms with Crippen LogP contribution in [0.1, 0.15) is 5.56 Å². The maximum absolute atomic E-state index is 11.3. The number of fused-ring (bicyclic) bond motifs is 1. The molecule has 0 fully saturated rings. The van der Waals surface area contributed by atoms with E-state index in [9.17, 15) is 10.1 Å². The first kappa shape index (κ1) is 12.4. The van der Waals surface area contributed by atoms with E-state index in [1.807, 2.05) is 24.3 Å². The summed E-state index contributed by atoms with van der Waals surface area (Å²) in [5, 5.41) is 10.5. The molecular formula is C14H8N4OS. The number of H-pyrrole nitrogens is 1. The highest BCUT2D eigenvalue weighted by Crippen LogP contribution is 2.33. The van der Waals surface area contributed by atoms with Gasteiger partial charge in [0.2, 0.25) is 0 Å². The van der Waals surface area contributed by atoms with E-state index in [1.165, 1.54) is 30.2 Å². The molecule has 2 aromatic heterocycles. The number of nitriles is 1. The Balaban J connectivity index is 2.19. The molecule has 0 aliphatic rings. The molecule has 3 rings (SSSR count). The minimum Gasteiger partial charge on any atom is -0.301 e. The first-order valence-corrected chi connectivity index (χ1v) is 6.60. The van der Waals surface area contributed by atoms with Gasteiger partial charge in [-0.15, -0.1) is 0 Å². The van der Waals surface area contributed by atoms with Gasteiger partial charge in [-0.1, -0.05) is 18.2 Å². The molecule has 0 radical (unpaired) electrons. The number of benzene rings is 1. The Hall–Kier alpha value is -2.65. The molecule has 0 aliphatic heterocycles. The summed E-state index contributed by atoms with van der Waals surface area (Å²) in [6, 6.07) is 11.0. The molecule has 0 aliphatic carbocycles. The van der Waals surface area contributed by atoms with Crippen LogP contribution < -0.4 is 5.56 Å². The smallest absolute Gasteiger partial charge is 0.251 e. The predicted octanol–water partition coefficient (Wildman–Crippen LogP) is 2.34. The van der Waals surface area contributed by atoms with Crippen molar-refractivity contribution >= 4 is 22.7 Å². The standard InChI is InChI=1S/C14H8N4OS/c15-7-9-8-17-11-4-2-1-3-10(11)13(9)20-14-16-6-5-12(19)18-14/h1-6,8H,(H,16,18,19). The highest BCUT2D eigenvalue weighted by Gasteiger charge is 2.11. The summed E-state index contributed by atoms with van der Waals surface area (Å²) in [7, 11) is 0. The molecule has 0 amide bonds. The predicted molar refractivity (Wildman–Crippen MR) is 75.4 cm³/mol. The zero-order chi connectivity index (χ0) is 13.9. The highest BCUT2D eigenvalue weighted by atomic mass is 32.2. The highest BCUT2D eigenvalue weighted by molar-refractivity contribution is 7.99. The Morgan fingerprint density at radius 2 is 2.05 bits per heavy atom. The molecule has 1 aromatic carbocycles. The second kappa shape index (κ2) is 5.15. The average molecular weight is 280 g/mol. The molecule has 0 saturated carbocycles. The third-order valence-electron chi connectivity index (χ3n) is 2.69. The molecule has 0 unspecified atom stereocenters. The van der Waals surface area contributed by atoms with E-state index in [1.54, 1.807) is 0 Å². The number of para-hydroxylation sites is 1. The maximum Gasteiger partial charge on any atom is 0.251 e. The SMILES string of the molecule is N#Cc1cnc2ccccc2c1Sc1nccc(=O)[nH]1. The minimum absolute atomic E-state index is 0.223. The number of aromatic nitrogens is 3. The molecule has 20 heavy (non-hydrogen) atoms. The number of hydrogen-bond donors (Lipinski definition) is 1. The van der Waals surface area contributed by atoms with E-state index in [4.69, 9.17) is 0 Å². The van der Waals surface area contributed by atoms with Crippen molar-refractivity contribution < 1.29 is 0 Å². The van der Waals surface area contributed by atoms with E-state index in [2.05, 4.69) is 21.0 Å². The molecule has 1 N–H and O–H groups in total. The van der Waals surface area contributed by atoms with Crippen molar-refractivity contribution in [3.05, 3.63) is 58.6 Å². The molecule has 6 heteroatoms. The summed E-state index contributed by atoms with van der Waals surface area (Å²) in [4.78, 5) is 23.0. The number of nitrogens with one attached hydrogen (secondary N) is 1. The van der Waals surface area contributed by atoms with Crippen molar-refractivity contribution in [1.29, 1.82) is 5.26 Å². The van der Waals surface area contributed by atoms with Gasteiger partial charge in [0.15, 0.2) is 5.16 Å². The summed E-state index contributed by atoms with van der Waals surface area (Å²) >= 11 is 1.25. The van der Waals surface area contributed by atoms with Crippen LogP contribution in [0.25, 0.3) is 10.9 Å². The van der Waals surface area contributed by atoms with E-state index >= 15 is 0 Å². The van der Waals surface area contributed by atoms with Crippen molar-refractivity contribution in [2.24, 2.45) is 0 Å². The number of aromatic amines is 1. The fraction of sp³-hybridized carbons (Fsp3) is 0. The number of pyridine rings is 1. The van der Waals surface area contributed by atoms with Gasteiger partial charge in [0.05, 0.1) is 11.1 Å². The van der Waals surface area contributed by atoms with Gasteiger partial charge in [0.1, 0.15) is 6.07 Å². The summed E-state index contributed by atoms with van der Waals surface area (Å²) in [6.07, 6.45) is 2.97. The monoisotopic (exact) mass is 280 g/mol. The van der Waals surface area contributed by atoms with Crippen molar-refractivity contribution in [3.63, 3.8) is 0 Å². The molecule has 0 atom stereocenters. The van der Waals surface area contributed by atoms with Gasteiger partial charge in [-0.05, 0) is 17.8 Å². The van der Waals surface area contributed by atoms with Crippen LogP contribution in [0.4, 0.5) is 0 Å². The maximum atomic E-state index is 11.3. The Kier molecular flexibility index (Phi) is 3.19. The van der Waals surface area contributed by atoms with Gasteiger partial charge >= 0.3 is 0 Å². The lowest BCUT2D eigenvalue weighted by Crippen LogP contribution is -2.05. The van der Waals surface area contributed by atoms with Crippen LogP contribution >= 0.6 is 11.8 Å². The lowest BCUT2D eigenvalue weighted by atomic mass is 10.2. The van der Waals surface area contributed by atoms with Crippen LogP contribution in [0.2, 0.25) is 0 Å². The van der Waals surface area contributed by atoms with Crippen LogP contribution in [0.15, 0.2) is 57.6 Å². The van der Waals surface area contributed by atoms with Crippen LogP contribution in [0.5, 0.6) is 0 Å². The molecule has 0 saturated heterocycles. The molecule has 0 spiro atoms. The second-order valence-corrected chi connectivity index (χ2v) is 4.97. The van der Waals surface area contributed by atoms with E-state index in [0.717, 1.165) is 15.8 Å². The van der Waals surface area contributed by atoms with Gasteiger partial charge in [-0.3, -0.25) is 9.78 Å². The first-order chi connectivity index (χ1) is 9.78. The summed E-state index contributed by atoms with van der Waals surface area (Å²) in [5.74, 6) is 0. The van der Waals surface area contributed by atoms with Crippen molar-refractivity contribution in [3.8, 4) is 6.07 Å². The lowest BCUT2D eigenvalue weighted by molar-refractivity contribution is 0.937. The van der Waals surface area contributed by atoms with Crippen LogP contribution in [0, 0.1) is 11.3 Å². The van der Waals surface area contributed by atoms with E-state index < -0.39 is 0 Å². The van der Waals surface area contributed by atoms with Gasteiger partial charge in [0.25, 0.3) is 5.56 Å². The quantitative estimate of drug-likeness (QED) is 0.728. The molecule has 0 bridgehead atoms. The van der Waals surface area contributed by atoms with Crippen LogP contribution in [0.3, 0.4) is 0 Å². The fourth-order valence-electron chi connectivity index (χ4n) is 1.81. The number of rotatable bonds is 2. The topological polar surface area (TPSA) is 82.4 Å². The van der Waals surface area contributed by atoms with Crippen molar-refractivity contribution in [2.75, 3.05) is 0 Å². The lowest BCUT2D eigenvalue weighted by Gasteiger charge is -2.06. The number of nitrogens with zero attached hydrogens (tertiary/aromatic N) is 3. The van der Waals surface area contributed by atoms with Gasteiger partial charge in [0, 0.05) is 28.7 Å². The molecule has 5 nitrogen and oxygen atoms in total. The van der Waals surface area contributed by atoms with E-state index in [0.29, 0.717) is 10.7 Å². The van der Waals surface area contributed by atoms with Crippen LogP contribution in [-0.2, 0) is 0 Å². The fourth-order valence-corrected chi connectivity index (χ4v) is 2.76. The zero-order valence-electron chi connectivity index (χ0n) is 10.2. The van der Waals surface area contributed by atoms with Crippen molar-refractivity contribution in [1.82, 2.24) is 15.0 Å². The minimum atomic E-state index is -0.223. The summed E-state index contributed by atoms with van der Waals surface area (Å²) < 4.78 is 0. The van der Waals surface area contributed by atoms with Gasteiger partial charge in [-0.2, -0.15) is 5.26 Å². The zero-order valence-corrected chi connectivity index (χ0v) is 11.0. The Morgan fingerprint density at radius 3 is 2.85 bits per heavy atom. The third kappa shape index (κ3) is 2.27. The van der Waals surface area contributed by atoms with Crippen molar-refractivity contribution in [2.45, 2.75) is 10.1 Å². The van der Waals surface area contributed by atoms with Gasteiger partial charge < -0.3 is 4.98 Å². The molecule has 2 heterocycles. The first-order valence-electron chi connectivity index (χ1n) is 5.79. The Bertz CT molecular complexity index is 882. The van der Waals surface area contributed by atoms with E-state index in [-0.39, 0.29) is 5.56 Å². The van der Waals surface area contributed by atoms with Crippen LogP contribution in [-0.4, -0.2) is 15.0 Å². The summed E-state index contributed by atoms with van der Waals surface area (Å²) in [6.45, 7) is 0. The Morgan fingerprint density at radius 1 is 1.20 bits per heavy atom. The molecule has 96 valence electrons. The molecular weight excluding hydrogens is 272 g/mol. The van der Waals surface area contributed by atoms with Gasteiger partial charge in [-0.25, -0.2) is 4.98 Å². The normalized spacial score (nSPS) is 10.3. The summed E-state index contributed by atoms with van der Waals surface area (Å²) in [5.41, 5.74) is 1.03. The number of hydrogen-bond acceptors (Lipinski definition) is 5. The Labute approximate surface area is 118 Å².